The Kier molecular flexibility index (Phi) is 7.85. The third-order valence-electron chi connectivity index (χ3n) is 7.27. The van der Waals surface area contributed by atoms with Crippen molar-refractivity contribution in [1.82, 2.24) is 9.80 Å². The van der Waals surface area contributed by atoms with Gasteiger partial charge in [-0.05, 0) is 62.9 Å². The van der Waals surface area contributed by atoms with Gasteiger partial charge in [0.2, 0.25) is 0 Å². The van der Waals surface area contributed by atoms with E-state index in [0.29, 0.717) is 5.75 Å². The van der Waals surface area contributed by atoms with Crippen molar-refractivity contribution < 1.29 is 5.11 Å². The van der Waals surface area contributed by atoms with Crippen LogP contribution in [0.5, 0.6) is 5.75 Å². The molecule has 0 aromatic heterocycles. The van der Waals surface area contributed by atoms with Crippen LogP contribution in [-0.2, 0) is 17.4 Å². The van der Waals surface area contributed by atoms with E-state index in [1.54, 1.807) is 0 Å². The standard InChI is InChI=1S/C32H41ClN2O/c1-31(2,3)27-20-25(21-28(30(27)36)32(4,5)6)29(24-12-14-26(33)15-13-24)35-18-16-34(17-19-35)22-23-10-8-7-9-11-23/h7-15,20-21,29,36H,16-19,22H2,1-6H3. The number of hydrogen-bond acceptors (Lipinski definition) is 3. The van der Waals surface area contributed by atoms with Gasteiger partial charge in [-0.25, -0.2) is 0 Å². The summed E-state index contributed by atoms with van der Waals surface area (Å²) in [4.78, 5) is 5.14. The normalized spacial score (nSPS) is 16.8. The quantitative estimate of drug-likeness (QED) is 0.388. The molecule has 192 valence electrons. The molecule has 36 heavy (non-hydrogen) atoms. The molecule has 0 spiro atoms. The molecule has 0 bridgehead atoms. The molecular formula is C32H41ClN2O. The number of halogens is 1. The molecule has 4 rings (SSSR count). The average Bonchev–Trinajstić information content (AvgIpc) is 2.81. The van der Waals surface area contributed by atoms with Gasteiger partial charge in [0.25, 0.3) is 0 Å². The first-order valence-corrected chi connectivity index (χ1v) is 13.4. The minimum atomic E-state index is -0.168. The Morgan fingerprint density at radius 2 is 1.28 bits per heavy atom. The van der Waals surface area contributed by atoms with Gasteiger partial charge in [-0.1, -0.05) is 95.6 Å². The van der Waals surface area contributed by atoms with E-state index in [1.165, 1.54) is 16.7 Å². The largest absolute Gasteiger partial charge is 0.507 e. The summed E-state index contributed by atoms with van der Waals surface area (Å²) < 4.78 is 0. The van der Waals surface area contributed by atoms with Crippen LogP contribution in [0.25, 0.3) is 0 Å². The zero-order chi connectivity index (χ0) is 26.1. The van der Waals surface area contributed by atoms with Crippen molar-refractivity contribution in [1.29, 1.82) is 0 Å². The Labute approximate surface area is 222 Å². The van der Waals surface area contributed by atoms with Crippen LogP contribution in [-0.4, -0.2) is 41.1 Å². The molecule has 1 aliphatic rings. The SMILES string of the molecule is CC(C)(C)c1cc(C(c2ccc(Cl)cc2)N2CCN(Cc3ccccc3)CC2)cc(C(C)(C)C)c1O. The lowest BCUT2D eigenvalue weighted by Gasteiger charge is -2.40. The summed E-state index contributed by atoms with van der Waals surface area (Å²) in [6.07, 6.45) is 0. The molecule has 1 heterocycles. The fraction of sp³-hybridized carbons (Fsp3) is 0.438. The predicted molar refractivity (Wildman–Crippen MR) is 152 cm³/mol. The van der Waals surface area contributed by atoms with Crippen LogP contribution in [0.15, 0.2) is 66.7 Å². The lowest BCUT2D eigenvalue weighted by atomic mass is 9.77. The van der Waals surface area contributed by atoms with Crippen molar-refractivity contribution in [2.75, 3.05) is 26.2 Å². The van der Waals surface area contributed by atoms with Gasteiger partial charge in [0.1, 0.15) is 5.75 Å². The van der Waals surface area contributed by atoms with Gasteiger partial charge in [-0.2, -0.15) is 0 Å². The molecule has 1 saturated heterocycles. The van der Waals surface area contributed by atoms with Crippen molar-refractivity contribution in [3.63, 3.8) is 0 Å². The fourth-order valence-corrected chi connectivity index (χ4v) is 5.36. The van der Waals surface area contributed by atoms with Crippen LogP contribution in [0.1, 0.15) is 75.4 Å². The van der Waals surface area contributed by atoms with Crippen LogP contribution < -0.4 is 0 Å². The van der Waals surface area contributed by atoms with Crippen molar-refractivity contribution >= 4 is 11.6 Å². The van der Waals surface area contributed by atoms with Gasteiger partial charge in [0, 0.05) is 37.7 Å². The molecule has 0 amide bonds. The van der Waals surface area contributed by atoms with Gasteiger partial charge < -0.3 is 5.11 Å². The third-order valence-corrected chi connectivity index (χ3v) is 7.52. The highest BCUT2D eigenvalue weighted by Gasteiger charge is 2.32. The molecule has 1 unspecified atom stereocenters. The maximum atomic E-state index is 11.3. The Morgan fingerprint density at radius 3 is 1.78 bits per heavy atom. The summed E-state index contributed by atoms with van der Waals surface area (Å²) in [5.41, 5.74) is 5.52. The molecule has 3 nitrogen and oxygen atoms in total. The van der Waals surface area contributed by atoms with Gasteiger partial charge in [0.15, 0.2) is 0 Å². The smallest absolute Gasteiger partial charge is 0.123 e. The average molecular weight is 505 g/mol. The van der Waals surface area contributed by atoms with Crippen molar-refractivity contribution in [3.8, 4) is 5.75 Å². The van der Waals surface area contributed by atoms with Gasteiger partial charge >= 0.3 is 0 Å². The zero-order valence-electron chi connectivity index (χ0n) is 22.7. The van der Waals surface area contributed by atoms with E-state index in [1.807, 2.05) is 12.1 Å². The van der Waals surface area contributed by atoms with Crippen LogP contribution in [0.4, 0.5) is 0 Å². The number of phenols is 1. The van der Waals surface area contributed by atoms with Crippen LogP contribution in [0.2, 0.25) is 5.02 Å². The lowest BCUT2D eigenvalue weighted by Crippen LogP contribution is -2.47. The van der Waals surface area contributed by atoms with E-state index in [9.17, 15) is 5.11 Å². The highest BCUT2D eigenvalue weighted by Crippen LogP contribution is 2.43. The topological polar surface area (TPSA) is 26.7 Å². The second-order valence-corrected chi connectivity index (χ2v) is 12.7. The molecule has 4 heteroatoms. The van der Waals surface area contributed by atoms with Crippen LogP contribution >= 0.6 is 11.6 Å². The van der Waals surface area contributed by atoms with E-state index in [0.717, 1.165) is 48.9 Å². The molecule has 1 N–H and O–H groups in total. The summed E-state index contributed by atoms with van der Waals surface area (Å²) in [5, 5.41) is 12.1. The maximum absolute atomic E-state index is 11.3. The number of piperazine rings is 1. The Morgan fingerprint density at radius 1 is 0.750 bits per heavy atom. The highest BCUT2D eigenvalue weighted by atomic mass is 35.5. The molecule has 3 aromatic rings. The predicted octanol–water partition coefficient (Wildman–Crippen LogP) is 7.55. The number of benzene rings is 3. The fourth-order valence-electron chi connectivity index (χ4n) is 5.24. The Balaban J connectivity index is 1.71. The molecule has 3 aromatic carbocycles. The monoisotopic (exact) mass is 504 g/mol. The van der Waals surface area contributed by atoms with E-state index >= 15 is 0 Å². The summed E-state index contributed by atoms with van der Waals surface area (Å²) in [6.45, 7) is 18.1. The molecule has 1 fully saturated rings. The van der Waals surface area contributed by atoms with E-state index in [-0.39, 0.29) is 16.9 Å². The molecular weight excluding hydrogens is 464 g/mol. The first-order valence-electron chi connectivity index (χ1n) is 13.1. The summed E-state index contributed by atoms with van der Waals surface area (Å²) >= 11 is 6.28. The number of aromatic hydroxyl groups is 1. The van der Waals surface area contributed by atoms with Crippen LogP contribution in [0, 0.1) is 0 Å². The number of rotatable bonds is 5. The van der Waals surface area contributed by atoms with Crippen molar-refractivity contribution in [3.05, 3.63) is 99.6 Å². The summed E-state index contributed by atoms with van der Waals surface area (Å²) in [5.74, 6) is 0.432. The van der Waals surface area contributed by atoms with E-state index in [2.05, 4.69) is 106 Å². The molecule has 0 aliphatic carbocycles. The second-order valence-electron chi connectivity index (χ2n) is 12.2. The summed E-state index contributed by atoms with van der Waals surface area (Å²) in [6, 6.07) is 23.6. The van der Waals surface area contributed by atoms with Crippen molar-refractivity contribution in [2.45, 2.75) is 65.0 Å². The minimum absolute atomic E-state index is 0.101. The second kappa shape index (κ2) is 10.6. The lowest BCUT2D eigenvalue weighted by molar-refractivity contribution is 0.105. The van der Waals surface area contributed by atoms with E-state index < -0.39 is 0 Å². The molecule has 1 aliphatic heterocycles. The minimum Gasteiger partial charge on any atom is -0.507 e. The van der Waals surface area contributed by atoms with E-state index in [4.69, 9.17) is 11.6 Å². The number of phenolic OH excluding ortho intramolecular Hbond substituents is 1. The Bertz CT molecular complexity index is 1120. The zero-order valence-corrected chi connectivity index (χ0v) is 23.4. The number of nitrogens with zero attached hydrogens (tertiary/aromatic N) is 2. The molecule has 0 saturated carbocycles. The van der Waals surface area contributed by atoms with Crippen molar-refractivity contribution in [2.24, 2.45) is 0 Å². The molecule has 0 radical (unpaired) electrons. The Hall–Kier alpha value is -2.33. The van der Waals surface area contributed by atoms with Gasteiger partial charge in [-0.15, -0.1) is 0 Å². The molecule has 1 atom stereocenters. The van der Waals surface area contributed by atoms with Gasteiger partial charge in [-0.3, -0.25) is 9.80 Å². The number of hydrogen-bond donors (Lipinski definition) is 1. The first-order chi connectivity index (χ1) is 16.9. The van der Waals surface area contributed by atoms with Crippen LogP contribution in [0.3, 0.4) is 0 Å². The van der Waals surface area contributed by atoms with Gasteiger partial charge in [0.05, 0.1) is 6.04 Å². The maximum Gasteiger partial charge on any atom is 0.123 e. The third kappa shape index (κ3) is 6.14. The highest BCUT2D eigenvalue weighted by molar-refractivity contribution is 6.30. The first kappa shape index (κ1) is 26.7. The summed E-state index contributed by atoms with van der Waals surface area (Å²) in [7, 11) is 0.